The van der Waals surface area contributed by atoms with E-state index in [0.29, 0.717) is 17.7 Å². The van der Waals surface area contributed by atoms with E-state index in [9.17, 15) is 9.90 Å². The maximum Gasteiger partial charge on any atom is 2.00 e. The summed E-state index contributed by atoms with van der Waals surface area (Å²) in [6, 6.07) is 7.93. The number of rotatable bonds is 5. The van der Waals surface area contributed by atoms with Gasteiger partial charge in [-0.2, -0.15) is 18.1 Å². The number of aliphatic imine (C=N–C) groups is 1. The van der Waals surface area contributed by atoms with E-state index in [4.69, 9.17) is 5.26 Å². The van der Waals surface area contributed by atoms with E-state index in [2.05, 4.69) is 67.8 Å². The number of hydrogen-bond donors (Lipinski definition) is 1. The second-order valence-corrected chi connectivity index (χ2v) is 11.2. The molecule has 240 valence electrons. The minimum atomic E-state index is -0.772. The maximum atomic E-state index is 10.3. The summed E-state index contributed by atoms with van der Waals surface area (Å²) >= 11 is 0. The van der Waals surface area contributed by atoms with Crippen LogP contribution in [0.25, 0.3) is 0 Å². The fourth-order valence-corrected chi connectivity index (χ4v) is 3.71. The maximum absolute atomic E-state index is 10.3. The summed E-state index contributed by atoms with van der Waals surface area (Å²) in [5, 5.41) is 18.1. The predicted octanol–water partition coefficient (Wildman–Crippen LogP) is 7.96. The molecule has 1 fully saturated rings. The SMILES string of the molecule is C#C.C/C=C(\N=C/CC(C)(C)O)N(C)[C-]=O.CC.CC1(C)CC[CH-]CC1.CCC.CN1CN(C)c2cc(C#N)ccc21.[U+2]. The Hall–Kier alpha value is -2.24. The number of benzene rings is 1. The number of terminal acetylenes is 1. The third-order valence-electron chi connectivity index (χ3n) is 5.95. The van der Waals surface area contributed by atoms with Gasteiger partial charge in [-0.1, -0.05) is 67.7 Å². The first-order valence-corrected chi connectivity index (χ1v) is 14.9. The number of nitriles is 1. The molecule has 0 unspecified atom stereocenters. The first-order valence-electron chi connectivity index (χ1n) is 14.9. The van der Waals surface area contributed by atoms with Crippen molar-refractivity contribution in [3.8, 4) is 18.9 Å². The van der Waals surface area contributed by atoms with E-state index in [1.807, 2.05) is 46.1 Å². The summed E-state index contributed by atoms with van der Waals surface area (Å²) in [4.78, 5) is 19.9. The number of fused-ring (bicyclic) bond motifs is 1. The predicted molar refractivity (Wildman–Crippen MR) is 183 cm³/mol. The van der Waals surface area contributed by atoms with E-state index in [-0.39, 0.29) is 31.1 Å². The fourth-order valence-electron chi connectivity index (χ4n) is 3.71. The van der Waals surface area contributed by atoms with Crippen molar-refractivity contribution in [1.82, 2.24) is 4.90 Å². The van der Waals surface area contributed by atoms with Crippen LogP contribution in [0, 0.1) is 67.1 Å². The fraction of sp³-hybridized carbons (Fsp3) is 0.600. The van der Waals surface area contributed by atoms with Gasteiger partial charge in [-0.3, -0.25) is 0 Å². The van der Waals surface area contributed by atoms with Crippen molar-refractivity contribution >= 4 is 24.0 Å². The molecule has 1 saturated carbocycles. The molecule has 0 bridgehead atoms. The second kappa shape index (κ2) is 27.3. The molecule has 1 aliphatic heterocycles. The van der Waals surface area contributed by atoms with Gasteiger partial charge in [0.15, 0.2) is 0 Å². The molecular formula is C35H59N5O2U. The van der Waals surface area contributed by atoms with Crippen LogP contribution < -0.4 is 9.80 Å². The van der Waals surface area contributed by atoms with E-state index >= 15 is 0 Å². The summed E-state index contributed by atoms with van der Waals surface area (Å²) in [6.45, 7) is 19.0. The summed E-state index contributed by atoms with van der Waals surface area (Å²) in [6.07, 6.45) is 22.6. The Bertz CT molecular complexity index is 967. The van der Waals surface area contributed by atoms with Crippen LogP contribution in [-0.2, 0) is 4.79 Å². The molecule has 1 amide bonds. The molecule has 1 aromatic carbocycles. The van der Waals surface area contributed by atoms with Crippen LogP contribution in [0.15, 0.2) is 35.1 Å². The average Bonchev–Trinajstić information content (AvgIpc) is 3.25. The summed E-state index contributed by atoms with van der Waals surface area (Å²) in [5.41, 5.74) is 2.93. The number of allylic oxidation sites excluding steroid dienone is 1. The number of amides is 1. The van der Waals surface area contributed by atoms with Gasteiger partial charge in [-0.25, -0.2) is 0 Å². The van der Waals surface area contributed by atoms with Crippen molar-refractivity contribution in [3.63, 3.8) is 0 Å². The zero-order valence-electron chi connectivity index (χ0n) is 29.2. The molecule has 1 aromatic rings. The molecule has 7 nitrogen and oxygen atoms in total. The Morgan fingerprint density at radius 3 is 2.05 bits per heavy atom. The Labute approximate surface area is 289 Å². The molecule has 1 N–H and O–H groups in total. The third-order valence-corrected chi connectivity index (χ3v) is 5.95. The third kappa shape index (κ3) is 22.9. The number of anilines is 2. The molecule has 0 spiro atoms. The van der Waals surface area contributed by atoms with Gasteiger partial charge < -0.3 is 36.0 Å². The van der Waals surface area contributed by atoms with Crippen LogP contribution in [0.4, 0.5) is 11.4 Å². The smallest absolute Gasteiger partial charge is 0.465 e. The topological polar surface area (TPSA) is 83.2 Å². The minimum absolute atomic E-state index is 0. The second-order valence-electron chi connectivity index (χ2n) is 11.2. The van der Waals surface area contributed by atoms with Gasteiger partial charge in [-0.05, 0) is 56.5 Å². The van der Waals surface area contributed by atoms with E-state index in [0.717, 1.165) is 17.9 Å². The molecule has 43 heavy (non-hydrogen) atoms. The molecule has 8 heteroatoms. The first-order chi connectivity index (χ1) is 19.7. The van der Waals surface area contributed by atoms with Gasteiger partial charge in [0.2, 0.25) is 0 Å². The molecule has 1 aliphatic carbocycles. The Balaban J connectivity index is -0.000000242. The standard InChI is InChI=1S/C10H11N3.C10H17N2O2.C8H15.C3H8.C2H6.C2H2.U/c1-12-7-13(2)10-5-8(6-11)3-4-9(10)12;1-5-9(12(4)8-13)11-7-6-10(2,3)14;1-8(2)6-4-3-5-7-8;1-3-2;2*1-2;/h3-5H,7H2,1-2H3;5,7,14H,6H2,1-4H3;3H,4-7H2,1-2H3;3H2,1-2H3;1-2H3;1-2H;/q;2*-1;;;;+2/b;9-5+,11-7-;;;;;. The molecule has 0 aromatic heterocycles. The van der Waals surface area contributed by atoms with Crippen LogP contribution in [0.5, 0.6) is 0 Å². The van der Waals surface area contributed by atoms with Crippen molar-refractivity contribution in [2.75, 3.05) is 37.6 Å². The zero-order valence-corrected chi connectivity index (χ0v) is 33.3. The van der Waals surface area contributed by atoms with E-state index < -0.39 is 5.60 Å². The quantitative estimate of drug-likeness (QED) is 0.141. The summed E-state index contributed by atoms with van der Waals surface area (Å²) < 4.78 is 0. The zero-order chi connectivity index (χ0) is 33.4. The monoisotopic (exact) mass is 820 g/mol. The van der Waals surface area contributed by atoms with Crippen molar-refractivity contribution in [1.29, 1.82) is 5.26 Å². The van der Waals surface area contributed by atoms with Crippen LogP contribution in [0.2, 0.25) is 0 Å². The minimum Gasteiger partial charge on any atom is -0.465 e. The normalized spacial score (nSPS) is 14.4. The molecule has 3 rings (SSSR count). The van der Waals surface area contributed by atoms with Crippen molar-refractivity contribution < 1.29 is 41.0 Å². The van der Waals surface area contributed by atoms with Crippen LogP contribution in [-0.4, -0.2) is 56.0 Å². The van der Waals surface area contributed by atoms with Crippen molar-refractivity contribution in [2.45, 2.75) is 106 Å². The van der Waals surface area contributed by atoms with E-state index in [1.54, 1.807) is 46.5 Å². The van der Waals surface area contributed by atoms with E-state index in [1.165, 1.54) is 42.7 Å². The Morgan fingerprint density at radius 2 is 1.67 bits per heavy atom. The van der Waals surface area contributed by atoms with Crippen LogP contribution in [0.1, 0.15) is 106 Å². The molecular weight excluding hydrogens is 760 g/mol. The number of aliphatic hydroxyl groups is 1. The largest absolute Gasteiger partial charge is 2.00 e. The van der Waals surface area contributed by atoms with Gasteiger partial charge in [-0.15, -0.1) is 18.9 Å². The molecule has 0 saturated heterocycles. The Kier molecular flexibility index (Phi) is 30.3. The van der Waals surface area contributed by atoms with Gasteiger partial charge >= 0.3 is 31.1 Å². The summed E-state index contributed by atoms with van der Waals surface area (Å²) in [7, 11) is 5.65. The molecule has 1 heterocycles. The van der Waals surface area contributed by atoms with Crippen molar-refractivity contribution in [2.24, 2.45) is 10.4 Å². The van der Waals surface area contributed by atoms with Crippen LogP contribution >= 0.6 is 0 Å². The van der Waals surface area contributed by atoms with Gasteiger partial charge in [0.1, 0.15) is 0 Å². The summed E-state index contributed by atoms with van der Waals surface area (Å²) in [5.74, 6) is 0.518. The van der Waals surface area contributed by atoms with Gasteiger partial charge in [0.05, 0.1) is 41.7 Å². The molecule has 2 aliphatic rings. The van der Waals surface area contributed by atoms with Gasteiger partial charge in [0, 0.05) is 20.5 Å². The number of carbonyl (C=O) groups excluding carboxylic acids is 1. The average molecular weight is 820 g/mol. The Morgan fingerprint density at radius 1 is 1.19 bits per heavy atom. The van der Waals surface area contributed by atoms with Crippen LogP contribution in [0.3, 0.4) is 0 Å². The van der Waals surface area contributed by atoms with Crippen molar-refractivity contribution in [3.05, 3.63) is 42.1 Å². The number of hydrogen-bond acceptors (Lipinski definition) is 6. The number of nitrogens with zero attached hydrogens (tertiary/aromatic N) is 5. The first kappa shape index (κ1) is 47.7. The molecule has 0 radical (unpaired) electrons. The molecule has 0 atom stereocenters. The van der Waals surface area contributed by atoms with Gasteiger partial charge in [0.25, 0.3) is 0 Å².